The molecule has 13 heteroatoms. The van der Waals surface area contributed by atoms with Crippen LogP contribution < -0.4 is 10.3 Å². The van der Waals surface area contributed by atoms with E-state index >= 15 is 0 Å². The maximum absolute atomic E-state index is 13.7. The molecule has 2 heterocycles. The lowest BCUT2D eigenvalue weighted by atomic mass is 9.85. The molecule has 194 valence electrons. The average molecular weight is 523 g/mol. The van der Waals surface area contributed by atoms with Gasteiger partial charge in [0.05, 0.1) is 23.6 Å². The van der Waals surface area contributed by atoms with E-state index in [0.29, 0.717) is 41.5 Å². The van der Waals surface area contributed by atoms with Crippen molar-refractivity contribution in [2.45, 2.75) is 51.3 Å². The monoisotopic (exact) mass is 522 g/mol. The van der Waals surface area contributed by atoms with Gasteiger partial charge in [-0.3, -0.25) is 0 Å². The molecule has 0 aromatic heterocycles. The van der Waals surface area contributed by atoms with Crippen molar-refractivity contribution in [1.82, 2.24) is 10.6 Å². The van der Waals surface area contributed by atoms with Gasteiger partial charge in [-0.05, 0) is 47.9 Å². The van der Waals surface area contributed by atoms with Gasteiger partial charge in [0, 0.05) is 22.8 Å². The molecule has 0 unspecified atom stereocenters. The summed E-state index contributed by atoms with van der Waals surface area (Å²) in [5, 5.41) is 10.8. The highest BCUT2D eigenvalue weighted by atomic mass is 35.5. The molecule has 2 N–H and O–H groups in total. The van der Waals surface area contributed by atoms with Gasteiger partial charge < -0.3 is 14.6 Å². The van der Waals surface area contributed by atoms with Gasteiger partial charge in [-0.1, -0.05) is 32.4 Å². The van der Waals surface area contributed by atoms with Gasteiger partial charge >= 0.3 is 12.1 Å². The third-order valence-corrected chi connectivity index (χ3v) is 6.09. The number of hydrazine groups is 2. The summed E-state index contributed by atoms with van der Waals surface area (Å²) < 4.78 is 51.1. The number of carbonyl (C=O) groups excluding carboxylic acids is 1. The minimum atomic E-state index is -4.89. The van der Waals surface area contributed by atoms with Crippen LogP contribution in [-0.2, 0) is 19.8 Å². The first kappa shape index (κ1) is 27.0. The highest BCUT2D eigenvalue weighted by molar-refractivity contribution is 6.31. The van der Waals surface area contributed by atoms with Crippen LogP contribution in [0.2, 0.25) is 5.02 Å². The van der Waals surface area contributed by atoms with Crippen molar-refractivity contribution < 1.29 is 42.4 Å². The molecule has 2 aliphatic rings. The van der Waals surface area contributed by atoms with Gasteiger partial charge in [0.2, 0.25) is 12.9 Å². The Balaban J connectivity index is 1.65. The van der Waals surface area contributed by atoms with Crippen LogP contribution in [0.5, 0.6) is 5.75 Å². The zero-order valence-electron chi connectivity index (χ0n) is 19.5. The Morgan fingerprint density at radius 2 is 1.94 bits per heavy atom. The summed E-state index contributed by atoms with van der Waals surface area (Å²) in [6.45, 7) is 5.54. The van der Waals surface area contributed by atoms with E-state index in [2.05, 4.69) is 0 Å². The van der Waals surface area contributed by atoms with E-state index in [0.717, 1.165) is 6.08 Å². The maximum Gasteiger partial charge on any atom is 0.430 e. The Bertz CT molecular complexity index is 988. The molecule has 9 nitrogen and oxygen atoms in total. The summed E-state index contributed by atoms with van der Waals surface area (Å²) in [6, 6.07) is 2.87. The second-order valence-electron chi connectivity index (χ2n) is 9.40. The van der Waals surface area contributed by atoms with Crippen molar-refractivity contribution in [3.8, 4) is 5.75 Å². The van der Waals surface area contributed by atoms with Crippen molar-refractivity contribution >= 4 is 23.6 Å². The number of fused-ring (bicyclic) bond motifs is 1. The third-order valence-electron chi connectivity index (χ3n) is 5.78. The predicted octanol–water partition coefficient (Wildman–Crippen LogP) is 3.68. The Hall–Kier alpha value is -2.57. The number of nitrogens with one attached hydrogen (secondary N) is 1. The molecular weight excluding hydrogens is 495 g/mol. The van der Waals surface area contributed by atoms with Crippen LogP contribution in [0, 0.1) is 10.8 Å². The molecule has 35 heavy (non-hydrogen) atoms. The number of hydrogen-bond donors (Lipinski definition) is 2. The molecule has 0 radical (unpaired) electrons. The molecule has 1 saturated heterocycles. The number of halogens is 4. The van der Waals surface area contributed by atoms with Crippen molar-refractivity contribution in [1.29, 1.82) is 0 Å². The lowest BCUT2D eigenvalue weighted by Crippen LogP contribution is -2.47. The predicted molar refractivity (Wildman–Crippen MR) is 119 cm³/mol. The van der Waals surface area contributed by atoms with Gasteiger partial charge in [-0.15, -0.1) is 5.01 Å². The number of nitrogens with zero attached hydrogens (tertiary/aromatic N) is 2. The number of hydrogen-bond acceptors (Lipinski definition) is 6. The third kappa shape index (κ3) is 6.56. The normalized spacial score (nSPS) is 18.9. The maximum atomic E-state index is 13.7. The summed E-state index contributed by atoms with van der Waals surface area (Å²) in [6.07, 6.45) is -5.19. The summed E-state index contributed by atoms with van der Waals surface area (Å²) >= 11 is 6.31. The number of rotatable bonds is 7. The number of esters is 1. The molecule has 0 bridgehead atoms. The smallest absolute Gasteiger partial charge is 0.430 e. The molecule has 1 fully saturated rings. The SMILES string of the molecule is CC(C)(C)c1cc2c(cc1Cl)C=C(C(=O)OCON[N+](=O)N1CCC(CO)CC1)[C@@H](C(F)(F)F)O2. The van der Waals surface area contributed by atoms with Crippen molar-refractivity contribution in [2.24, 2.45) is 5.92 Å². The average Bonchev–Trinajstić information content (AvgIpc) is 2.79. The molecule has 1 aromatic rings. The molecule has 1 atom stereocenters. The molecule has 0 spiro atoms. The number of piperidine rings is 1. The van der Waals surface area contributed by atoms with E-state index in [1.165, 1.54) is 17.1 Å². The molecule has 0 saturated carbocycles. The molecule has 1 aromatic carbocycles. The number of aliphatic hydroxyl groups is 1. The van der Waals surface area contributed by atoms with Gasteiger partial charge in [-0.2, -0.15) is 18.0 Å². The minimum Gasteiger partial charge on any atom is -0.475 e. The highest BCUT2D eigenvalue weighted by Crippen LogP contribution is 2.42. The van der Waals surface area contributed by atoms with Crippen LogP contribution in [0.15, 0.2) is 17.7 Å². The number of aliphatic hydroxyl groups excluding tert-OH is 1. The van der Waals surface area contributed by atoms with E-state index < -0.39 is 36.0 Å². The second-order valence-corrected chi connectivity index (χ2v) is 9.80. The van der Waals surface area contributed by atoms with E-state index in [1.54, 1.807) is 0 Å². The molecule has 0 aliphatic carbocycles. The second kappa shape index (κ2) is 10.6. The molecule has 2 aliphatic heterocycles. The Kier molecular flexibility index (Phi) is 8.17. The van der Waals surface area contributed by atoms with Gasteiger partial charge in [0.25, 0.3) is 4.98 Å². The van der Waals surface area contributed by atoms with E-state index in [9.17, 15) is 22.9 Å². The first-order valence-electron chi connectivity index (χ1n) is 11.0. The van der Waals surface area contributed by atoms with Crippen LogP contribution in [0.4, 0.5) is 13.2 Å². The Morgan fingerprint density at radius 1 is 1.29 bits per heavy atom. The summed E-state index contributed by atoms with van der Waals surface area (Å²) in [7, 11) is 0. The van der Waals surface area contributed by atoms with Crippen molar-refractivity contribution in [3.05, 3.63) is 38.8 Å². The summed E-state index contributed by atoms with van der Waals surface area (Å²) in [5.74, 6) is -1.26. The minimum absolute atomic E-state index is 0.0412. The topological polar surface area (TPSA) is 100 Å². The molecule has 3 rings (SSSR count). The first-order chi connectivity index (χ1) is 16.3. The Labute approximate surface area is 205 Å². The molecule has 0 amide bonds. The fourth-order valence-electron chi connectivity index (χ4n) is 3.79. The van der Waals surface area contributed by atoms with Crippen LogP contribution in [-0.4, -0.2) is 59.8 Å². The van der Waals surface area contributed by atoms with Crippen molar-refractivity contribution in [3.63, 3.8) is 0 Å². The highest BCUT2D eigenvalue weighted by Gasteiger charge is 2.49. The van der Waals surface area contributed by atoms with Gasteiger partial charge in [0.1, 0.15) is 5.75 Å². The van der Waals surface area contributed by atoms with Crippen LogP contribution >= 0.6 is 11.6 Å². The van der Waals surface area contributed by atoms with Gasteiger partial charge in [0.15, 0.2) is 0 Å². The van der Waals surface area contributed by atoms with E-state index in [1.807, 2.05) is 26.4 Å². The lowest BCUT2D eigenvalue weighted by Gasteiger charge is -2.30. The quantitative estimate of drug-likeness (QED) is 0.184. The summed E-state index contributed by atoms with van der Waals surface area (Å²) in [4.78, 5) is 29.5. The lowest BCUT2D eigenvalue weighted by molar-refractivity contribution is -0.791. The fraction of sp³-hybridized carbons (Fsp3) is 0.591. The van der Waals surface area contributed by atoms with Crippen LogP contribution in [0.3, 0.4) is 0 Å². The number of ether oxygens (including phenoxy) is 2. The zero-order chi connectivity index (χ0) is 26.0. The standard InChI is InChI=1S/C22H28ClF3N3O6/c1-21(2,3)16-10-18-14(9-17(16)23)8-15(19(35-18)22(24,25)26)20(31)33-12-34-27-29(32)28-6-4-13(11-30)5-7-28/h8-10,13,19,30H,4-7,11-12H2,1-3H3,(H,27,32)/q+1/t19-/m0/s1. The van der Waals surface area contributed by atoms with E-state index in [-0.39, 0.29) is 23.8 Å². The largest absolute Gasteiger partial charge is 0.475 e. The van der Waals surface area contributed by atoms with Crippen molar-refractivity contribution in [2.75, 3.05) is 26.5 Å². The number of nitroso groups, excluding NO2 is 1. The zero-order valence-corrected chi connectivity index (χ0v) is 20.3. The fourth-order valence-corrected chi connectivity index (χ4v) is 4.25. The first-order valence-corrected chi connectivity index (χ1v) is 11.4. The number of alkyl halides is 3. The summed E-state index contributed by atoms with van der Waals surface area (Å²) in [5.41, 5.74) is 1.58. The van der Waals surface area contributed by atoms with Gasteiger partial charge in [-0.25, -0.2) is 4.79 Å². The number of benzene rings is 1. The van der Waals surface area contributed by atoms with Crippen LogP contribution in [0.25, 0.3) is 6.08 Å². The van der Waals surface area contributed by atoms with Crippen LogP contribution in [0.1, 0.15) is 44.7 Å². The molecular formula is C22H28ClF3N3O6+. The number of carbonyl (C=O) groups is 1. The Morgan fingerprint density at radius 3 is 2.51 bits per heavy atom. The van der Waals surface area contributed by atoms with E-state index in [4.69, 9.17) is 31.0 Å².